The van der Waals surface area contributed by atoms with Gasteiger partial charge in [0.25, 0.3) is 0 Å². The zero-order valence-corrected chi connectivity index (χ0v) is 15.0. The van der Waals surface area contributed by atoms with E-state index in [1.54, 1.807) is 11.3 Å². The number of rotatable bonds is 6. The lowest BCUT2D eigenvalue weighted by molar-refractivity contribution is 0.0228. The summed E-state index contributed by atoms with van der Waals surface area (Å²) in [5.41, 5.74) is 1.40. The fraction of sp³-hybridized carbons (Fsp3) is 0.474. The van der Waals surface area contributed by atoms with Crippen molar-refractivity contribution in [1.29, 1.82) is 0 Å². The van der Waals surface area contributed by atoms with Crippen LogP contribution in [0.15, 0.2) is 42.5 Å². The second-order valence-electron chi connectivity index (χ2n) is 6.66. The topological polar surface area (TPSA) is 23.5 Å². The Bertz CT molecular complexity index is 615. The maximum Gasteiger partial charge on any atom is 0.0931 e. The summed E-state index contributed by atoms with van der Waals surface area (Å²) in [4.78, 5) is 3.79. The number of halogens is 1. The van der Waals surface area contributed by atoms with Gasteiger partial charge in [-0.1, -0.05) is 41.9 Å². The SMILES string of the molecule is OC[C@@]1(CCc2ccccc2)CCCN(Cc2ccc(Cl)s2)C1. The van der Waals surface area contributed by atoms with Crippen molar-refractivity contribution >= 4 is 22.9 Å². The van der Waals surface area contributed by atoms with Crippen LogP contribution in [0.3, 0.4) is 0 Å². The van der Waals surface area contributed by atoms with Crippen molar-refractivity contribution in [2.24, 2.45) is 5.41 Å². The molecule has 2 heterocycles. The number of thiophene rings is 1. The van der Waals surface area contributed by atoms with Crippen LogP contribution >= 0.6 is 22.9 Å². The molecule has 23 heavy (non-hydrogen) atoms. The van der Waals surface area contributed by atoms with E-state index in [1.165, 1.54) is 10.4 Å². The summed E-state index contributed by atoms with van der Waals surface area (Å²) in [6.07, 6.45) is 4.38. The Kier molecular flexibility index (Phi) is 5.76. The minimum Gasteiger partial charge on any atom is -0.396 e. The quantitative estimate of drug-likeness (QED) is 0.823. The Hall–Kier alpha value is -0.870. The number of hydrogen-bond acceptors (Lipinski definition) is 3. The highest BCUT2D eigenvalue weighted by atomic mass is 35.5. The lowest BCUT2D eigenvalue weighted by atomic mass is 9.76. The predicted octanol–water partition coefficient (Wildman–Crippen LogP) is 4.61. The van der Waals surface area contributed by atoms with Crippen LogP contribution in [-0.2, 0) is 13.0 Å². The molecule has 0 unspecified atom stereocenters. The first-order valence-electron chi connectivity index (χ1n) is 8.30. The predicted molar refractivity (Wildman–Crippen MR) is 98.1 cm³/mol. The van der Waals surface area contributed by atoms with Crippen LogP contribution in [0.25, 0.3) is 0 Å². The van der Waals surface area contributed by atoms with Gasteiger partial charge in [-0.25, -0.2) is 0 Å². The van der Waals surface area contributed by atoms with Crippen molar-refractivity contribution in [2.75, 3.05) is 19.7 Å². The highest BCUT2D eigenvalue weighted by molar-refractivity contribution is 7.16. The smallest absolute Gasteiger partial charge is 0.0931 e. The van der Waals surface area contributed by atoms with Crippen LogP contribution in [0.5, 0.6) is 0 Å². The van der Waals surface area contributed by atoms with Gasteiger partial charge in [-0.2, -0.15) is 0 Å². The van der Waals surface area contributed by atoms with E-state index in [1.807, 2.05) is 6.07 Å². The van der Waals surface area contributed by atoms with Crippen molar-refractivity contribution in [3.8, 4) is 0 Å². The van der Waals surface area contributed by atoms with E-state index in [9.17, 15) is 5.11 Å². The molecule has 0 spiro atoms. The second-order valence-corrected chi connectivity index (χ2v) is 8.46. The summed E-state index contributed by atoms with van der Waals surface area (Å²) >= 11 is 7.70. The Morgan fingerprint density at radius 3 is 2.70 bits per heavy atom. The van der Waals surface area contributed by atoms with Gasteiger partial charge in [0.2, 0.25) is 0 Å². The molecule has 3 rings (SSSR count). The normalized spacial score (nSPS) is 22.3. The van der Waals surface area contributed by atoms with Crippen molar-refractivity contribution in [2.45, 2.75) is 32.2 Å². The summed E-state index contributed by atoms with van der Waals surface area (Å²) in [5, 5.41) is 10.1. The molecule has 124 valence electrons. The fourth-order valence-corrected chi connectivity index (χ4v) is 4.70. The van der Waals surface area contributed by atoms with Gasteiger partial charge in [0.05, 0.1) is 4.34 Å². The van der Waals surface area contributed by atoms with Crippen LogP contribution in [0.4, 0.5) is 0 Å². The summed E-state index contributed by atoms with van der Waals surface area (Å²) in [6, 6.07) is 14.7. The molecule has 0 saturated carbocycles. The molecule has 0 radical (unpaired) electrons. The highest BCUT2D eigenvalue weighted by Gasteiger charge is 2.34. The molecule has 1 saturated heterocycles. The fourth-order valence-electron chi connectivity index (χ4n) is 3.57. The number of hydrogen-bond donors (Lipinski definition) is 1. The monoisotopic (exact) mass is 349 g/mol. The molecular weight excluding hydrogens is 326 g/mol. The van der Waals surface area contributed by atoms with E-state index < -0.39 is 0 Å². The minimum atomic E-state index is 0.0369. The van der Waals surface area contributed by atoms with Gasteiger partial charge < -0.3 is 5.11 Å². The van der Waals surface area contributed by atoms with E-state index in [2.05, 4.69) is 41.3 Å². The van der Waals surface area contributed by atoms with Crippen LogP contribution in [-0.4, -0.2) is 29.7 Å². The molecule has 0 bridgehead atoms. The van der Waals surface area contributed by atoms with E-state index in [0.29, 0.717) is 0 Å². The van der Waals surface area contributed by atoms with Gasteiger partial charge in [0.15, 0.2) is 0 Å². The summed E-state index contributed by atoms with van der Waals surface area (Å²) < 4.78 is 0.856. The first-order chi connectivity index (χ1) is 11.2. The molecule has 1 aliphatic heterocycles. The van der Waals surface area contributed by atoms with Gasteiger partial charge in [-0.3, -0.25) is 4.90 Å². The number of aliphatic hydroxyl groups is 1. The minimum absolute atomic E-state index is 0.0369. The maximum atomic E-state index is 10.1. The third kappa shape index (κ3) is 4.57. The Balaban J connectivity index is 1.61. The molecule has 2 aromatic rings. The van der Waals surface area contributed by atoms with Crippen LogP contribution in [0.1, 0.15) is 29.7 Å². The molecule has 1 aromatic heterocycles. The molecule has 1 N–H and O–H groups in total. The van der Waals surface area contributed by atoms with Crippen molar-refractivity contribution in [3.05, 3.63) is 57.2 Å². The van der Waals surface area contributed by atoms with Gasteiger partial charge in [-0.15, -0.1) is 11.3 Å². The van der Waals surface area contributed by atoms with Gasteiger partial charge >= 0.3 is 0 Å². The zero-order chi connectivity index (χ0) is 16.1. The van der Waals surface area contributed by atoms with Gasteiger partial charge in [-0.05, 0) is 49.9 Å². The molecule has 1 aliphatic rings. The average Bonchev–Trinajstić information content (AvgIpc) is 2.99. The summed E-state index contributed by atoms with van der Waals surface area (Å²) in [7, 11) is 0. The lowest BCUT2D eigenvalue weighted by Gasteiger charge is -2.42. The molecule has 4 heteroatoms. The molecule has 1 atom stereocenters. The highest BCUT2D eigenvalue weighted by Crippen LogP contribution is 2.35. The molecule has 0 amide bonds. The Morgan fingerprint density at radius 1 is 1.17 bits per heavy atom. The Morgan fingerprint density at radius 2 is 2.00 bits per heavy atom. The van der Waals surface area contributed by atoms with E-state index >= 15 is 0 Å². The number of likely N-dealkylation sites (tertiary alicyclic amines) is 1. The van der Waals surface area contributed by atoms with E-state index in [-0.39, 0.29) is 12.0 Å². The number of aliphatic hydroxyl groups excluding tert-OH is 1. The van der Waals surface area contributed by atoms with E-state index in [4.69, 9.17) is 11.6 Å². The number of aryl methyl sites for hydroxylation is 1. The largest absolute Gasteiger partial charge is 0.396 e. The van der Waals surface area contributed by atoms with Crippen LogP contribution < -0.4 is 0 Å². The third-order valence-corrected chi connectivity index (χ3v) is 6.09. The average molecular weight is 350 g/mol. The molecular formula is C19H24ClNOS. The third-order valence-electron chi connectivity index (χ3n) is 4.87. The first-order valence-corrected chi connectivity index (χ1v) is 9.50. The van der Waals surface area contributed by atoms with Crippen molar-refractivity contribution in [1.82, 2.24) is 4.90 Å². The number of piperidine rings is 1. The second kappa shape index (κ2) is 7.80. The van der Waals surface area contributed by atoms with Crippen molar-refractivity contribution in [3.63, 3.8) is 0 Å². The number of benzene rings is 1. The molecule has 2 nitrogen and oxygen atoms in total. The molecule has 1 aromatic carbocycles. The standard InChI is InChI=1S/C19H24ClNOS/c20-18-8-7-17(23-18)13-21-12-4-10-19(14-21,15-22)11-9-16-5-2-1-3-6-16/h1-3,5-8,22H,4,9-15H2/t19-/m1/s1. The first kappa shape index (κ1) is 17.0. The molecule has 1 fully saturated rings. The van der Waals surface area contributed by atoms with E-state index in [0.717, 1.165) is 49.7 Å². The zero-order valence-electron chi connectivity index (χ0n) is 13.4. The number of nitrogens with zero attached hydrogens (tertiary/aromatic N) is 1. The van der Waals surface area contributed by atoms with Crippen LogP contribution in [0, 0.1) is 5.41 Å². The maximum absolute atomic E-state index is 10.1. The summed E-state index contributed by atoms with van der Waals surface area (Å²) in [6.45, 7) is 3.32. The lowest BCUT2D eigenvalue weighted by Crippen LogP contribution is -2.45. The van der Waals surface area contributed by atoms with Crippen LogP contribution in [0.2, 0.25) is 4.34 Å². The summed E-state index contributed by atoms with van der Waals surface area (Å²) in [5.74, 6) is 0. The van der Waals surface area contributed by atoms with Gasteiger partial charge in [0.1, 0.15) is 0 Å². The Labute approximate surface area is 147 Å². The molecule has 0 aliphatic carbocycles. The van der Waals surface area contributed by atoms with Crippen molar-refractivity contribution < 1.29 is 5.11 Å². The van der Waals surface area contributed by atoms with Gasteiger partial charge in [0, 0.05) is 30.0 Å².